The molecule has 4 amide bonds. The Bertz CT molecular complexity index is 1690. The molecule has 14 heteroatoms. The van der Waals surface area contributed by atoms with E-state index in [-0.39, 0.29) is 44.1 Å². The van der Waals surface area contributed by atoms with Crippen LogP contribution in [-0.4, -0.2) is 84.2 Å². The monoisotopic (exact) mass is 654 g/mol. The maximum atomic E-state index is 14.8. The van der Waals surface area contributed by atoms with E-state index in [1.54, 1.807) is 29.3 Å². The van der Waals surface area contributed by atoms with Crippen molar-refractivity contribution in [1.29, 1.82) is 0 Å². The summed E-state index contributed by atoms with van der Waals surface area (Å²) >= 11 is 0. The van der Waals surface area contributed by atoms with Gasteiger partial charge in [0.1, 0.15) is 23.8 Å². The minimum absolute atomic E-state index is 0.0515. The van der Waals surface area contributed by atoms with Crippen LogP contribution in [-0.2, 0) is 39.1 Å². The van der Waals surface area contributed by atoms with Gasteiger partial charge in [-0.1, -0.05) is 55.5 Å². The largest absolute Gasteiger partial charge is 0.334 e. The van der Waals surface area contributed by atoms with E-state index in [4.69, 9.17) is 0 Å². The summed E-state index contributed by atoms with van der Waals surface area (Å²) in [6.07, 6.45) is 0.811. The van der Waals surface area contributed by atoms with Gasteiger partial charge in [0.2, 0.25) is 21.8 Å². The normalized spacial score (nSPS) is 18.8. The number of urea groups is 1. The SMILES string of the molecule is CCCN1CC(=O)N2[C@@H](Cc3ccc(NS(C)(=O)=O)cc3)C(=O)N(Cc3ccc(F)cc3F)C[C@@H]2N1C(=O)NCc1ccccc1. The molecule has 0 aromatic heterocycles. The lowest BCUT2D eigenvalue weighted by atomic mass is 9.98. The third-order valence-electron chi connectivity index (χ3n) is 7.87. The molecule has 2 heterocycles. The molecule has 0 bridgehead atoms. The lowest BCUT2D eigenvalue weighted by Gasteiger charge is -2.55. The number of benzene rings is 3. The summed E-state index contributed by atoms with van der Waals surface area (Å²) in [5, 5.41) is 6.07. The van der Waals surface area contributed by atoms with Gasteiger partial charge in [-0.25, -0.2) is 32.0 Å². The number of fused-ring (bicyclic) bond motifs is 1. The van der Waals surface area contributed by atoms with Crippen molar-refractivity contribution in [3.63, 3.8) is 0 Å². The molecule has 0 saturated carbocycles. The van der Waals surface area contributed by atoms with Gasteiger partial charge < -0.3 is 15.1 Å². The van der Waals surface area contributed by atoms with Crippen LogP contribution in [0.25, 0.3) is 0 Å². The van der Waals surface area contributed by atoms with Crippen LogP contribution >= 0.6 is 0 Å². The molecular formula is C32H36F2N6O5S. The molecule has 2 atom stereocenters. The Hall–Kier alpha value is -4.56. The van der Waals surface area contributed by atoms with Crippen LogP contribution in [0.5, 0.6) is 0 Å². The number of piperazine rings is 1. The predicted molar refractivity (Wildman–Crippen MR) is 167 cm³/mol. The summed E-state index contributed by atoms with van der Waals surface area (Å²) in [7, 11) is -3.51. The molecule has 0 spiro atoms. The zero-order valence-corrected chi connectivity index (χ0v) is 26.3. The van der Waals surface area contributed by atoms with Gasteiger partial charge in [-0.15, -0.1) is 0 Å². The Labute approximate surface area is 266 Å². The van der Waals surface area contributed by atoms with Gasteiger partial charge >= 0.3 is 6.03 Å². The lowest BCUT2D eigenvalue weighted by molar-refractivity contribution is -0.191. The molecule has 2 N–H and O–H groups in total. The quantitative estimate of drug-likeness (QED) is 0.346. The van der Waals surface area contributed by atoms with Crippen LogP contribution in [0.15, 0.2) is 72.8 Å². The first-order valence-electron chi connectivity index (χ1n) is 14.9. The van der Waals surface area contributed by atoms with Gasteiger partial charge in [-0.05, 0) is 35.7 Å². The molecule has 46 heavy (non-hydrogen) atoms. The summed E-state index contributed by atoms with van der Waals surface area (Å²) in [5.41, 5.74) is 1.93. The Morgan fingerprint density at radius 1 is 0.978 bits per heavy atom. The molecule has 2 aliphatic rings. The molecule has 0 aliphatic carbocycles. The summed E-state index contributed by atoms with van der Waals surface area (Å²) in [5.74, 6) is -2.36. The van der Waals surface area contributed by atoms with Crippen LogP contribution in [0.2, 0.25) is 0 Å². The molecule has 2 saturated heterocycles. The minimum atomic E-state index is -3.51. The molecule has 0 radical (unpaired) electrons. The molecule has 5 rings (SSSR count). The summed E-state index contributed by atoms with van der Waals surface area (Å²) in [4.78, 5) is 44.5. The van der Waals surface area contributed by atoms with E-state index >= 15 is 0 Å². The van der Waals surface area contributed by atoms with Crippen molar-refractivity contribution in [1.82, 2.24) is 25.1 Å². The molecule has 2 fully saturated rings. The van der Waals surface area contributed by atoms with Crippen LogP contribution < -0.4 is 10.0 Å². The number of sulfonamides is 1. The van der Waals surface area contributed by atoms with Gasteiger partial charge in [0, 0.05) is 43.4 Å². The Kier molecular flexibility index (Phi) is 9.87. The van der Waals surface area contributed by atoms with Gasteiger partial charge in [0.15, 0.2) is 0 Å². The Morgan fingerprint density at radius 3 is 2.35 bits per heavy atom. The van der Waals surface area contributed by atoms with Crippen LogP contribution in [0, 0.1) is 11.6 Å². The standard InChI is InChI=1S/C32H36F2N6O5S/c1-3-15-38-21-30(41)39-28(16-22-9-13-26(14-10-22)36-46(2,44)45)31(42)37(19-24-11-12-25(33)17-27(24)34)20-29(39)40(38)32(43)35-18-23-7-5-4-6-8-23/h4-14,17,28-29,36H,3,15-16,18-21H2,1-2H3,(H,35,43)/t28-,29-/m0/s1. The number of anilines is 1. The summed E-state index contributed by atoms with van der Waals surface area (Å²) in [6.45, 7) is 2.12. The first-order valence-corrected chi connectivity index (χ1v) is 16.8. The van der Waals surface area contributed by atoms with Crippen LogP contribution in [0.1, 0.15) is 30.0 Å². The maximum Gasteiger partial charge on any atom is 0.334 e. The number of nitrogens with one attached hydrogen (secondary N) is 2. The van der Waals surface area contributed by atoms with E-state index in [1.807, 2.05) is 37.3 Å². The molecule has 0 unspecified atom stereocenters. The average molecular weight is 655 g/mol. The third kappa shape index (κ3) is 7.62. The highest BCUT2D eigenvalue weighted by Gasteiger charge is 2.51. The van der Waals surface area contributed by atoms with Gasteiger partial charge in [-0.2, -0.15) is 0 Å². The summed E-state index contributed by atoms with van der Waals surface area (Å²) in [6, 6.07) is 17.4. The second kappa shape index (κ2) is 13.8. The first-order chi connectivity index (χ1) is 21.9. The zero-order chi connectivity index (χ0) is 33.0. The van der Waals surface area contributed by atoms with Crippen molar-refractivity contribution in [3.8, 4) is 0 Å². The Balaban J connectivity index is 1.49. The van der Waals surface area contributed by atoms with Gasteiger partial charge in [0.25, 0.3) is 0 Å². The van der Waals surface area contributed by atoms with Crippen molar-refractivity contribution in [2.45, 2.75) is 45.1 Å². The average Bonchev–Trinajstić information content (AvgIpc) is 3.00. The highest BCUT2D eigenvalue weighted by atomic mass is 32.2. The van der Waals surface area contributed by atoms with E-state index in [0.717, 1.165) is 24.0 Å². The fraction of sp³-hybridized carbons (Fsp3) is 0.344. The fourth-order valence-electron chi connectivity index (χ4n) is 5.84. The van der Waals surface area contributed by atoms with Gasteiger partial charge in [-0.3, -0.25) is 14.3 Å². The fourth-order valence-corrected chi connectivity index (χ4v) is 6.41. The number of hydrogen-bond acceptors (Lipinski definition) is 6. The molecule has 3 aromatic rings. The van der Waals surface area contributed by atoms with Crippen molar-refractivity contribution in [3.05, 3.63) is 101 Å². The molecule has 2 aliphatic heterocycles. The highest BCUT2D eigenvalue weighted by Crippen LogP contribution is 2.30. The van der Waals surface area contributed by atoms with E-state index in [9.17, 15) is 31.6 Å². The number of carbonyl (C=O) groups is 3. The summed E-state index contributed by atoms with van der Waals surface area (Å²) < 4.78 is 54.2. The Morgan fingerprint density at radius 2 is 1.70 bits per heavy atom. The highest BCUT2D eigenvalue weighted by molar-refractivity contribution is 7.92. The van der Waals surface area contributed by atoms with Crippen LogP contribution in [0.3, 0.4) is 0 Å². The molecule has 11 nitrogen and oxygen atoms in total. The molecule has 244 valence electrons. The topological polar surface area (TPSA) is 122 Å². The second-order valence-electron chi connectivity index (χ2n) is 11.4. The first kappa shape index (κ1) is 32.8. The predicted octanol–water partition coefficient (Wildman–Crippen LogP) is 3.30. The van der Waals surface area contributed by atoms with E-state index in [0.29, 0.717) is 24.2 Å². The van der Waals surface area contributed by atoms with Crippen molar-refractivity contribution >= 4 is 33.6 Å². The smallest absolute Gasteiger partial charge is 0.333 e. The van der Waals surface area contributed by atoms with Crippen molar-refractivity contribution < 1.29 is 31.6 Å². The second-order valence-corrected chi connectivity index (χ2v) is 13.2. The maximum absolute atomic E-state index is 14.8. The zero-order valence-electron chi connectivity index (χ0n) is 25.5. The number of carbonyl (C=O) groups excluding carboxylic acids is 3. The van der Waals surface area contributed by atoms with Gasteiger partial charge in [0.05, 0.1) is 19.3 Å². The number of nitrogens with zero attached hydrogens (tertiary/aromatic N) is 4. The number of hydrogen-bond donors (Lipinski definition) is 2. The molecule has 3 aromatic carbocycles. The van der Waals surface area contributed by atoms with Crippen molar-refractivity contribution in [2.75, 3.05) is 30.6 Å². The van der Waals surface area contributed by atoms with Crippen LogP contribution in [0.4, 0.5) is 19.3 Å². The number of hydrazine groups is 1. The van der Waals surface area contributed by atoms with E-state index in [2.05, 4.69) is 10.0 Å². The lowest BCUT2D eigenvalue weighted by Crippen LogP contribution is -2.76. The van der Waals surface area contributed by atoms with E-state index in [1.165, 1.54) is 20.9 Å². The third-order valence-corrected chi connectivity index (χ3v) is 8.48. The number of amides is 4. The van der Waals surface area contributed by atoms with E-state index < -0.39 is 45.8 Å². The van der Waals surface area contributed by atoms with Crippen molar-refractivity contribution in [2.24, 2.45) is 0 Å². The minimum Gasteiger partial charge on any atom is -0.333 e. The molecular weight excluding hydrogens is 618 g/mol. The number of halogens is 2. The number of rotatable bonds is 10.